The van der Waals surface area contributed by atoms with Crippen molar-refractivity contribution in [2.75, 3.05) is 6.54 Å². The van der Waals surface area contributed by atoms with E-state index in [9.17, 15) is 9.50 Å². The van der Waals surface area contributed by atoms with E-state index in [4.69, 9.17) is 5.73 Å². The van der Waals surface area contributed by atoms with Crippen LogP contribution < -0.4 is 5.73 Å². The third-order valence-corrected chi connectivity index (χ3v) is 2.63. The molecule has 1 aromatic rings. The first-order chi connectivity index (χ1) is 6.56. The van der Waals surface area contributed by atoms with Crippen LogP contribution in [0.15, 0.2) is 16.6 Å². The first-order valence-electron chi connectivity index (χ1n) is 4.40. The summed E-state index contributed by atoms with van der Waals surface area (Å²) in [7, 11) is 0. The molecule has 0 fully saturated rings. The molecule has 1 aromatic carbocycles. The summed E-state index contributed by atoms with van der Waals surface area (Å²) in [5.74, 6) is -0.284. The van der Waals surface area contributed by atoms with Crippen LogP contribution >= 0.6 is 15.9 Å². The van der Waals surface area contributed by atoms with Gasteiger partial charge < -0.3 is 10.8 Å². The number of nitrogens with two attached hydrogens (primary N) is 1. The molecule has 0 spiro atoms. The number of aryl methyl sites for hydroxylation is 1. The Balaban J connectivity index is 3.00. The van der Waals surface area contributed by atoms with E-state index >= 15 is 0 Å². The molecule has 0 aliphatic carbocycles. The first kappa shape index (κ1) is 11.6. The molecule has 0 aromatic heterocycles. The van der Waals surface area contributed by atoms with Crippen molar-refractivity contribution in [2.45, 2.75) is 19.4 Å². The highest BCUT2D eigenvalue weighted by Gasteiger charge is 2.11. The zero-order valence-corrected chi connectivity index (χ0v) is 9.51. The molecule has 1 rings (SSSR count). The molecule has 0 amide bonds. The number of aliphatic hydroxyl groups is 1. The maximum absolute atomic E-state index is 13.2. The Labute approximate surface area is 91.1 Å². The Hall–Kier alpha value is -0.450. The van der Waals surface area contributed by atoms with E-state index in [2.05, 4.69) is 15.9 Å². The summed E-state index contributed by atoms with van der Waals surface area (Å²) >= 11 is 3.10. The van der Waals surface area contributed by atoms with Gasteiger partial charge in [-0.3, -0.25) is 0 Å². The van der Waals surface area contributed by atoms with Gasteiger partial charge in [-0.05, 0) is 53.0 Å². The molecule has 0 heterocycles. The van der Waals surface area contributed by atoms with Crippen molar-refractivity contribution >= 4 is 15.9 Å². The predicted octanol–water partition coefficient (Wildman–Crippen LogP) is 2.28. The topological polar surface area (TPSA) is 46.2 Å². The average molecular weight is 262 g/mol. The predicted molar refractivity (Wildman–Crippen MR) is 57.5 cm³/mol. The smallest absolute Gasteiger partial charge is 0.140 e. The lowest BCUT2D eigenvalue weighted by molar-refractivity contribution is 0.170. The van der Waals surface area contributed by atoms with Gasteiger partial charge in [0.2, 0.25) is 0 Å². The Morgan fingerprint density at radius 2 is 2.21 bits per heavy atom. The van der Waals surface area contributed by atoms with Crippen LogP contribution in [0, 0.1) is 12.7 Å². The molecule has 0 radical (unpaired) electrons. The van der Waals surface area contributed by atoms with Crippen LogP contribution in [-0.2, 0) is 0 Å². The highest BCUT2D eigenvalue weighted by molar-refractivity contribution is 9.10. The van der Waals surface area contributed by atoms with Gasteiger partial charge in [-0.15, -0.1) is 0 Å². The van der Waals surface area contributed by atoms with Crippen LogP contribution in [-0.4, -0.2) is 11.7 Å². The second kappa shape index (κ2) is 4.87. The van der Waals surface area contributed by atoms with E-state index < -0.39 is 6.10 Å². The summed E-state index contributed by atoms with van der Waals surface area (Å²) in [6, 6.07) is 3.23. The van der Waals surface area contributed by atoms with Crippen LogP contribution in [0.4, 0.5) is 4.39 Å². The summed E-state index contributed by atoms with van der Waals surface area (Å²) in [6.45, 7) is 2.08. The zero-order valence-electron chi connectivity index (χ0n) is 7.93. The lowest BCUT2D eigenvalue weighted by atomic mass is 10.0. The van der Waals surface area contributed by atoms with Crippen LogP contribution in [0.3, 0.4) is 0 Å². The van der Waals surface area contributed by atoms with Crippen molar-refractivity contribution in [1.82, 2.24) is 0 Å². The molecule has 14 heavy (non-hydrogen) atoms. The Morgan fingerprint density at radius 3 is 2.71 bits per heavy atom. The van der Waals surface area contributed by atoms with Crippen molar-refractivity contribution < 1.29 is 9.50 Å². The van der Waals surface area contributed by atoms with E-state index in [0.717, 1.165) is 0 Å². The van der Waals surface area contributed by atoms with Gasteiger partial charge in [0, 0.05) is 0 Å². The van der Waals surface area contributed by atoms with Crippen molar-refractivity contribution in [2.24, 2.45) is 5.73 Å². The standard InChI is InChI=1S/C10H13BrFNO/c1-6-4-7(9(14)2-3-13)5-8(11)10(6)12/h4-5,9,14H,2-3,13H2,1H3. The summed E-state index contributed by atoms with van der Waals surface area (Å²) in [5.41, 5.74) is 6.54. The largest absolute Gasteiger partial charge is 0.388 e. The molecule has 0 saturated heterocycles. The van der Waals surface area contributed by atoms with Gasteiger partial charge in [-0.25, -0.2) is 4.39 Å². The van der Waals surface area contributed by atoms with Crippen LogP contribution in [0.1, 0.15) is 23.7 Å². The molecule has 3 N–H and O–H groups in total. The number of aliphatic hydroxyl groups excluding tert-OH is 1. The number of rotatable bonds is 3. The number of benzene rings is 1. The Bertz CT molecular complexity index is 307. The molecular formula is C10H13BrFNO. The molecule has 1 atom stereocenters. The monoisotopic (exact) mass is 261 g/mol. The van der Waals surface area contributed by atoms with Gasteiger partial charge in [-0.2, -0.15) is 0 Å². The van der Waals surface area contributed by atoms with Gasteiger partial charge >= 0.3 is 0 Å². The van der Waals surface area contributed by atoms with Crippen molar-refractivity contribution in [3.63, 3.8) is 0 Å². The Morgan fingerprint density at radius 1 is 1.57 bits per heavy atom. The fourth-order valence-corrected chi connectivity index (χ4v) is 1.85. The summed E-state index contributed by atoms with van der Waals surface area (Å²) in [6.07, 6.45) is -0.132. The fraction of sp³-hybridized carbons (Fsp3) is 0.400. The lowest BCUT2D eigenvalue weighted by Gasteiger charge is -2.11. The molecule has 0 aliphatic rings. The normalized spacial score (nSPS) is 12.9. The van der Waals surface area contributed by atoms with Crippen molar-refractivity contribution in [3.8, 4) is 0 Å². The van der Waals surface area contributed by atoms with Crippen molar-refractivity contribution in [1.29, 1.82) is 0 Å². The Kier molecular flexibility index (Phi) is 4.04. The summed E-state index contributed by atoms with van der Waals surface area (Å²) < 4.78 is 13.6. The maximum atomic E-state index is 13.2. The molecule has 0 saturated carbocycles. The first-order valence-corrected chi connectivity index (χ1v) is 5.19. The second-order valence-electron chi connectivity index (χ2n) is 3.23. The molecule has 4 heteroatoms. The minimum atomic E-state index is -0.615. The van der Waals surface area contributed by atoms with Crippen LogP contribution in [0.2, 0.25) is 0 Å². The number of hydrogen-bond acceptors (Lipinski definition) is 2. The molecule has 2 nitrogen and oxygen atoms in total. The van der Waals surface area contributed by atoms with Gasteiger partial charge in [0.05, 0.1) is 10.6 Å². The summed E-state index contributed by atoms with van der Waals surface area (Å²) in [5, 5.41) is 9.64. The van der Waals surface area contributed by atoms with E-state index in [1.54, 1.807) is 19.1 Å². The fourth-order valence-electron chi connectivity index (χ4n) is 1.27. The van der Waals surface area contributed by atoms with E-state index in [1.807, 2.05) is 0 Å². The zero-order chi connectivity index (χ0) is 10.7. The molecule has 78 valence electrons. The minimum Gasteiger partial charge on any atom is -0.388 e. The molecule has 0 bridgehead atoms. The van der Waals surface area contributed by atoms with Gasteiger partial charge in [0.15, 0.2) is 0 Å². The molecule has 0 aliphatic heterocycles. The van der Waals surface area contributed by atoms with Gasteiger partial charge in [-0.1, -0.05) is 6.07 Å². The average Bonchev–Trinajstić information content (AvgIpc) is 2.13. The number of halogens is 2. The quantitative estimate of drug-likeness (QED) is 0.877. The third-order valence-electron chi connectivity index (χ3n) is 2.06. The van der Waals surface area contributed by atoms with E-state index in [-0.39, 0.29) is 5.82 Å². The van der Waals surface area contributed by atoms with Crippen LogP contribution in [0.25, 0.3) is 0 Å². The summed E-state index contributed by atoms with van der Waals surface area (Å²) in [4.78, 5) is 0. The third kappa shape index (κ3) is 2.53. The minimum absolute atomic E-state index is 0.284. The maximum Gasteiger partial charge on any atom is 0.140 e. The lowest BCUT2D eigenvalue weighted by Crippen LogP contribution is -2.07. The SMILES string of the molecule is Cc1cc(C(O)CCN)cc(Br)c1F. The highest BCUT2D eigenvalue weighted by atomic mass is 79.9. The molecule has 1 unspecified atom stereocenters. The van der Waals surface area contributed by atoms with Crippen molar-refractivity contribution in [3.05, 3.63) is 33.5 Å². The van der Waals surface area contributed by atoms with Gasteiger partial charge in [0.25, 0.3) is 0 Å². The van der Waals surface area contributed by atoms with E-state index in [0.29, 0.717) is 28.6 Å². The highest BCUT2D eigenvalue weighted by Crippen LogP contribution is 2.25. The number of hydrogen-bond donors (Lipinski definition) is 2. The van der Waals surface area contributed by atoms with E-state index in [1.165, 1.54) is 0 Å². The van der Waals surface area contributed by atoms with Crippen LogP contribution in [0.5, 0.6) is 0 Å². The molecular weight excluding hydrogens is 249 g/mol. The second-order valence-corrected chi connectivity index (χ2v) is 4.08. The van der Waals surface area contributed by atoms with Gasteiger partial charge in [0.1, 0.15) is 5.82 Å².